The summed E-state index contributed by atoms with van der Waals surface area (Å²) >= 11 is 0. The van der Waals surface area contributed by atoms with Gasteiger partial charge in [0.1, 0.15) is 6.33 Å². The molecule has 1 amide bonds. The lowest BCUT2D eigenvalue weighted by atomic mass is 10.2. The highest BCUT2D eigenvalue weighted by molar-refractivity contribution is 7.90. The van der Waals surface area contributed by atoms with Gasteiger partial charge in [0.2, 0.25) is 5.91 Å². The Kier molecular flexibility index (Phi) is 3.35. The molecule has 0 aromatic carbocycles. The maximum absolute atomic E-state index is 11.5. The molecule has 1 aromatic heterocycles. The Morgan fingerprint density at radius 3 is 2.60 bits per heavy atom. The lowest BCUT2D eigenvalue weighted by Crippen LogP contribution is -2.34. The fourth-order valence-electron chi connectivity index (χ4n) is 0.740. The number of aromatic nitrogens is 2. The standard InChI is InChI=1S/C8H11N3O3S/c1-6(2)8(12)11-15(13,14)7-3-4-9-5-10-7/h3-6H,1-2H3,(H,11,12). The predicted molar refractivity (Wildman–Crippen MR) is 52.2 cm³/mol. The summed E-state index contributed by atoms with van der Waals surface area (Å²) in [5, 5.41) is -0.216. The summed E-state index contributed by atoms with van der Waals surface area (Å²) in [5.74, 6) is -0.963. The summed E-state index contributed by atoms with van der Waals surface area (Å²) in [6.45, 7) is 3.20. The second-order valence-electron chi connectivity index (χ2n) is 3.17. The van der Waals surface area contributed by atoms with Gasteiger partial charge in [-0.3, -0.25) is 4.79 Å². The van der Waals surface area contributed by atoms with E-state index in [1.807, 2.05) is 4.72 Å². The van der Waals surface area contributed by atoms with Gasteiger partial charge < -0.3 is 0 Å². The fourth-order valence-corrected chi connectivity index (χ4v) is 1.77. The van der Waals surface area contributed by atoms with Crippen LogP contribution in [0.3, 0.4) is 0 Å². The monoisotopic (exact) mass is 229 g/mol. The molecule has 0 atom stereocenters. The summed E-state index contributed by atoms with van der Waals surface area (Å²) in [4.78, 5) is 18.3. The van der Waals surface area contributed by atoms with Gasteiger partial charge in [0.05, 0.1) is 0 Å². The van der Waals surface area contributed by atoms with Crippen LogP contribution in [0.15, 0.2) is 23.6 Å². The van der Waals surface area contributed by atoms with Crippen LogP contribution in [0.25, 0.3) is 0 Å². The Balaban J connectivity index is 2.91. The first-order valence-corrected chi connectivity index (χ1v) is 5.74. The molecule has 1 heterocycles. The van der Waals surface area contributed by atoms with Crippen molar-refractivity contribution in [3.63, 3.8) is 0 Å². The summed E-state index contributed by atoms with van der Waals surface area (Å²) < 4.78 is 25.0. The third kappa shape index (κ3) is 2.98. The highest BCUT2D eigenvalue weighted by Crippen LogP contribution is 2.03. The Labute approximate surface area is 87.8 Å². The number of carbonyl (C=O) groups excluding carboxylic acids is 1. The van der Waals surface area contributed by atoms with E-state index in [0.717, 1.165) is 6.33 Å². The third-order valence-corrected chi connectivity index (χ3v) is 2.85. The summed E-state index contributed by atoms with van der Waals surface area (Å²) in [5.41, 5.74) is 0. The van der Waals surface area contributed by atoms with Crippen molar-refractivity contribution in [2.24, 2.45) is 5.92 Å². The van der Waals surface area contributed by atoms with Gasteiger partial charge in [0.25, 0.3) is 10.0 Å². The van der Waals surface area contributed by atoms with Crippen molar-refractivity contribution < 1.29 is 13.2 Å². The molecule has 0 aliphatic heterocycles. The molecule has 82 valence electrons. The second-order valence-corrected chi connectivity index (χ2v) is 4.80. The van der Waals surface area contributed by atoms with Crippen LogP contribution >= 0.6 is 0 Å². The van der Waals surface area contributed by atoms with Crippen molar-refractivity contribution in [2.45, 2.75) is 18.9 Å². The van der Waals surface area contributed by atoms with Crippen LogP contribution in [0.5, 0.6) is 0 Å². The first-order valence-electron chi connectivity index (χ1n) is 4.26. The first kappa shape index (κ1) is 11.6. The van der Waals surface area contributed by atoms with Crippen molar-refractivity contribution in [1.82, 2.24) is 14.7 Å². The number of sulfonamides is 1. The van der Waals surface area contributed by atoms with Crippen LogP contribution in [0.4, 0.5) is 0 Å². The minimum absolute atomic E-state index is 0.216. The molecular formula is C8H11N3O3S. The van der Waals surface area contributed by atoms with Crippen molar-refractivity contribution in [1.29, 1.82) is 0 Å². The molecule has 7 heteroatoms. The van der Waals surface area contributed by atoms with Gasteiger partial charge in [-0.2, -0.15) is 8.42 Å². The highest BCUT2D eigenvalue weighted by Gasteiger charge is 2.20. The maximum Gasteiger partial charge on any atom is 0.281 e. The SMILES string of the molecule is CC(C)C(=O)NS(=O)(=O)c1ccncn1. The van der Waals surface area contributed by atoms with Crippen molar-refractivity contribution in [3.05, 3.63) is 18.6 Å². The average Bonchev–Trinajstić information content (AvgIpc) is 2.18. The number of amides is 1. The molecule has 0 saturated heterocycles. The van der Waals surface area contributed by atoms with Gasteiger partial charge >= 0.3 is 0 Å². The molecular weight excluding hydrogens is 218 g/mol. The molecule has 0 fully saturated rings. The smallest absolute Gasteiger partial charge is 0.274 e. The Bertz CT molecular complexity index is 441. The van der Waals surface area contributed by atoms with E-state index in [2.05, 4.69) is 9.97 Å². The minimum Gasteiger partial charge on any atom is -0.274 e. The minimum atomic E-state index is -3.86. The van der Waals surface area contributed by atoms with Crippen molar-refractivity contribution >= 4 is 15.9 Å². The van der Waals surface area contributed by atoms with Gasteiger partial charge in [-0.1, -0.05) is 13.8 Å². The molecule has 0 aliphatic carbocycles. The van der Waals surface area contributed by atoms with Crippen molar-refractivity contribution in [3.8, 4) is 0 Å². The van der Waals surface area contributed by atoms with E-state index >= 15 is 0 Å². The molecule has 1 aromatic rings. The molecule has 0 aliphatic rings. The van der Waals surface area contributed by atoms with E-state index in [4.69, 9.17) is 0 Å². The zero-order chi connectivity index (χ0) is 11.5. The number of nitrogens with zero attached hydrogens (tertiary/aromatic N) is 2. The zero-order valence-electron chi connectivity index (χ0n) is 8.34. The second kappa shape index (κ2) is 4.35. The molecule has 6 nitrogen and oxygen atoms in total. The number of rotatable bonds is 3. The lowest BCUT2D eigenvalue weighted by molar-refractivity contribution is -0.122. The molecule has 0 radical (unpaired) electrons. The van der Waals surface area contributed by atoms with Gasteiger partial charge in [-0.25, -0.2) is 14.7 Å². The number of hydrogen-bond donors (Lipinski definition) is 1. The Morgan fingerprint density at radius 1 is 1.47 bits per heavy atom. The van der Waals surface area contributed by atoms with E-state index in [1.54, 1.807) is 13.8 Å². The number of carbonyl (C=O) groups is 1. The van der Waals surface area contributed by atoms with Crippen LogP contribution in [0.1, 0.15) is 13.8 Å². The molecule has 0 spiro atoms. The lowest BCUT2D eigenvalue weighted by Gasteiger charge is -2.07. The van der Waals surface area contributed by atoms with Gasteiger partial charge in [-0.05, 0) is 6.07 Å². The quantitative estimate of drug-likeness (QED) is 0.733. The Hall–Kier alpha value is -1.50. The topological polar surface area (TPSA) is 89.0 Å². The van der Waals surface area contributed by atoms with Gasteiger partial charge in [0, 0.05) is 12.1 Å². The largest absolute Gasteiger partial charge is 0.281 e. The van der Waals surface area contributed by atoms with E-state index < -0.39 is 21.8 Å². The molecule has 1 rings (SSSR count). The summed E-state index contributed by atoms with van der Waals surface area (Å²) in [7, 11) is -3.86. The molecule has 0 unspecified atom stereocenters. The number of nitrogens with one attached hydrogen (secondary N) is 1. The third-order valence-electron chi connectivity index (χ3n) is 1.59. The van der Waals surface area contributed by atoms with E-state index in [1.165, 1.54) is 12.3 Å². The molecule has 0 bridgehead atoms. The molecule has 1 N–H and O–H groups in total. The normalized spacial score (nSPS) is 11.4. The first-order chi connectivity index (χ1) is 6.93. The molecule has 0 saturated carbocycles. The van der Waals surface area contributed by atoms with Gasteiger partial charge in [0.15, 0.2) is 5.03 Å². The average molecular weight is 229 g/mol. The van der Waals surface area contributed by atoms with Crippen molar-refractivity contribution in [2.75, 3.05) is 0 Å². The Morgan fingerprint density at radius 2 is 2.13 bits per heavy atom. The number of hydrogen-bond acceptors (Lipinski definition) is 5. The fraction of sp³-hybridized carbons (Fsp3) is 0.375. The van der Waals surface area contributed by atoms with Crippen LogP contribution in [-0.4, -0.2) is 24.3 Å². The highest BCUT2D eigenvalue weighted by atomic mass is 32.2. The van der Waals surface area contributed by atoms with Crippen LogP contribution in [0, 0.1) is 5.92 Å². The zero-order valence-corrected chi connectivity index (χ0v) is 9.15. The predicted octanol–water partition coefficient (Wildman–Crippen LogP) is -0.0625. The van der Waals surface area contributed by atoms with E-state index in [9.17, 15) is 13.2 Å². The van der Waals surface area contributed by atoms with E-state index in [-0.39, 0.29) is 5.03 Å². The van der Waals surface area contributed by atoms with Crippen LogP contribution in [0.2, 0.25) is 0 Å². The van der Waals surface area contributed by atoms with Crippen LogP contribution in [-0.2, 0) is 14.8 Å². The van der Waals surface area contributed by atoms with Gasteiger partial charge in [-0.15, -0.1) is 0 Å². The summed E-state index contributed by atoms with van der Waals surface area (Å²) in [6, 6.07) is 1.22. The van der Waals surface area contributed by atoms with Crippen LogP contribution < -0.4 is 4.72 Å². The maximum atomic E-state index is 11.5. The van der Waals surface area contributed by atoms with E-state index in [0.29, 0.717) is 0 Å². The molecule has 15 heavy (non-hydrogen) atoms. The summed E-state index contributed by atoms with van der Waals surface area (Å²) in [6.07, 6.45) is 2.40.